The molecule has 0 atom stereocenters. The van der Waals surface area contributed by atoms with Crippen LogP contribution < -0.4 is 10.7 Å². The summed E-state index contributed by atoms with van der Waals surface area (Å²) in [5, 5.41) is 11.8. The number of amides is 1. The number of ether oxygens (including phenoxy) is 1. The molecular formula is C21H23N5O3. The summed E-state index contributed by atoms with van der Waals surface area (Å²) < 4.78 is 8.49. The van der Waals surface area contributed by atoms with Crippen LogP contribution in [0.15, 0.2) is 59.8 Å². The first kappa shape index (κ1) is 19.1. The number of nitrogens with one attached hydrogen (secondary N) is 1. The van der Waals surface area contributed by atoms with Crippen molar-refractivity contribution >= 4 is 5.91 Å². The third-order valence-corrected chi connectivity index (χ3v) is 4.77. The smallest absolute Gasteiger partial charge is 0.220 e. The van der Waals surface area contributed by atoms with E-state index in [0.29, 0.717) is 44.7 Å². The van der Waals surface area contributed by atoms with Gasteiger partial charge in [0.1, 0.15) is 11.4 Å². The van der Waals surface area contributed by atoms with E-state index in [1.807, 2.05) is 36.5 Å². The van der Waals surface area contributed by atoms with E-state index < -0.39 is 0 Å². The molecule has 3 aromatic rings. The van der Waals surface area contributed by atoms with Crippen LogP contribution in [0.5, 0.6) is 0 Å². The molecule has 0 saturated carbocycles. The number of nitrogens with zero attached hydrogens (tertiary/aromatic N) is 4. The molecule has 0 aliphatic carbocycles. The summed E-state index contributed by atoms with van der Waals surface area (Å²) >= 11 is 0. The first-order chi connectivity index (χ1) is 14.2. The largest absolute Gasteiger partial charge is 0.377 e. The summed E-state index contributed by atoms with van der Waals surface area (Å²) in [6.07, 6.45) is 6.83. The van der Waals surface area contributed by atoms with Crippen LogP contribution in [0.25, 0.3) is 5.69 Å². The zero-order valence-electron chi connectivity index (χ0n) is 16.0. The minimum Gasteiger partial charge on any atom is -0.377 e. The van der Waals surface area contributed by atoms with Crippen molar-refractivity contribution in [2.45, 2.75) is 31.8 Å². The lowest BCUT2D eigenvalue weighted by Crippen LogP contribution is -2.48. The summed E-state index contributed by atoms with van der Waals surface area (Å²) in [5.41, 5.74) is 2.22. The molecule has 0 bridgehead atoms. The standard InChI is InChI=1S/C21H23N5O3/c27-20-8-10-26(24-19(20)11-16-5-2-1-3-6-16)18-12-22-25(13-18)9-4-7-21(28)23-17-14-29-15-17/h1-3,5-6,8,10,12-13,17H,4,7,9,11,14-15H2,(H,23,28). The topological polar surface area (TPSA) is 91.0 Å². The van der Waals surface area contributed by atoms with Gasteiger partial charge in [0.25, 0.3) is 0 Å². The van der Waals surface area contributed by atoms with Crippen molar-refractivity contribution in [2.75, 3.05) is 13.2 Å². The molecule has 8 heteroatoms. The number of aryl methyl sites for hydroxylation is 1. The molecule has 0 unspecified atom stereocenters. The molecule has 0 radical (unpaired) electrons. The van der Waals surface area contributed by atoms with Crippen LogP contribution in [0.4, 0.5) is 0 Å². The van der Waals surface area contributed by atoms with Gasteiger partial charge in [-0.2, -0.15) is 10.2 Å². The molecule has 1 amide bonds. The van der Waals surface area contributed by atoms with Crippen LogP contribution in [0.3, 0.4) is 0 Å². The maximum Gasteiger partial charge on any atom is 0.220 e. The van der Waals surface area contributed by atoms with Gasteiger partial charge in [0.05, 0.1) is 31.6 Å². The maximum absolute atomic E-state index is 12.2. The van der Waals surface area contributed by atoms with E-state index in [0.717, 1.165) is 11.3 Å². The molecule has 4 rings (SSSR count). The quantitative estimate of drug-likeness (QED) is 0.623. The maximum atomic E-state index is 12.2. The lowest BCUT2D eigenvalue weighted by molar-refractivity contribution is -0.125. The number of hydrogen-bond donors (Lipinski definition) is 1. The molecule has 29 heavy (non-hydrogen) atoms. The third-order valence-electron chi connectivity index (χ3n) is 4.77. The van der Waals surface area contributed by atoms with Gasteiger partial charge in [0.2, 0.25) is 11.3 Å². The highest BCUT2D eigenvalue weighted by molar-refractivity contribution is 5.76. The Hall–Kier alpha value is -3.26. The fourth-order valence-electron chi connectivity index (χ4n) is 3.12. The van der Waals surface area contributed by atoms with Gasteiger partial charge in [-0.05, 0) is 12.0 Å². The number of benzene rings is 1. The number of aromatic nitrogens is 4. The molecule has 2 aromatic heterocycles. The zero-order chi connectivity index (χ0) is 20.1. The van der Waals surface area contributed by atoms with Gasteiger partial charge < -0.3 is 10.1 Å². The molecule has 8 nitrogen and oxygen atoms in total. The normalized spacial score (nSPS) is 13.8. The fourth-order valence-corrected chi connectivity index (χ4v) is 3.12. The average Bonchev–Trinajstić information content (AvgIpc) is 3.16. The predicted octanol–water partition coefficient (Wildman–Crippen LogP) is 1.31. The van der Waals surface area contributed by atoms with Crippen molar-refractivity contribution in [1.82, 2.24) is 24.9 Å². The summed E-state index contributed by atoms with van der Waals surface area (Å²) in [5.74, 6) is 0.0401. The Balaban J connectivity index is 1.36. The molecule has 1 saturated heterocycles. The molecule has 1 aromatic carbocycles. The Bertz CT molecular complexity index is 1020. The lowest BCUT2D eigenvalue weighted by Gasteiger charge is -2.26. The second kappa shape index (κ2) is 8.83. The first-order valence-corrected chi connectivity index (χ1v) is 9.70. The van der Waals surface area contributed by atoms with Gasteiger partial charge in [0.15, 0.2) is 0 Å². The van der Waals surface area contributed by atoms with E-state index in [1.54, 1.807) is 21.8 Å². The first-order valence-electron chi connectivity index (χ1n) is 9.70. The minimum atomic E-state index is -0.0830. The summed E-state index contributed by atoms with van der Waals surface area (Å²) in [7, 11) is 0. The molecular weight excluding hydrogens is 370 g/mol. The van der Waals surface area contributed by atoms with Crippen molar-refractivity contribution < 1.29 is 9.53 Å². The Kier molecular flexibility index (Phi) is 5.81. The van der Waals surface area contributed by atoms with E-state index in [4.69, 9.17) is 4.74 Å². The summed E-state index contributed by atoms with van der Waals surface area (Å²) in [6.45, 7) is 1.84. The molecule has 1 fully saturated rings. The minimum absolute atomic E-state index is 0.0401. The van der Waals surface area contributed by atoms with Crippen LogP contribution in [-0.4, -0.2) is 44.7 Å². The van der Waals surface area contributed by atoms with Crippen molar-refractivity contribution in [2.24, 2.45) is 0 Å². The second-order valence-corrected chi connectivity index (χ2v) is 7.10. The van der Waals surface area contributed by atoms with Gasteiger partial charge in [0, 0.05) is 31.6 Å². The summed E-state index contributed by atoms with van der Waals surface area (Å²) in [6, 6.07) is 11.5. The van der Waals surface area contributed by atoms with Crippen molar-refractivity contribution in [1.29, 1.82) is 0 Å². The number of carbonyl (C=O) groups is 1. The molecule has 0 spiro atoms. The monoisotopic (exact) mass is 393 g/mol. The second-order valence-electron chi connectivity index (χ2n) is 7.10. The van der Waals surface area contributed by atoms with Gasteiger partial charge >= 0.3 is 0 Å². The van der Waals surface area contributed by atoms with Crippen molar-refractivity contribution in [3.8, 4) is 5.69 Å². The van der Waals surface area contributed by atoms with Gasteiger partial charge in [-0.15, -0.1) is 0 Å². The Morgan fingerprint density at radius 2 is 2.03 bits per heavy atom. The Labute approximate surface area is 168 Å². The number of carbonyl (C=O) groups excluding carboxylic acids is 1. The van der Waals surface area contributed by atoms with Crippen LogP contribution in [0.2, 0.25) is 0 Å². The predicted molar refractivity (Wildman–Crippen MR) is 107 cm³/mol. The van der Waals surface area contributed by atoms with Crippen LogP contribution in [0.1, 0.15) is 24.1 Å². The van der Waals surface area contributed by atoms with E-state index in [9.17, 15) is 9.59 Å². The van der Waals surface area contributed by atoms with Crippen molar-refractivity contribution in [3.05, 3.63) is 76.5 Å². The van der Waals surface area contributed by atoms with Crippen LogP contribution in [0, 0.1) is 0 Å². The molecule has 1 aliphatic heterocycles. The van der Waals surface area contributed by atoms with Gasteiger partial charge in [-0.3, -0.25) is 14.3 Å². The van der Waals surface area contributed by atoms with Gasteiger partial charge in [-0.1, -0.05) is 30.3 Å². The molecule has 150 valence electrons. The van der Waals surface area contributed by atoms with Crippen LogP contribution >= 0.6 is 0 Å². The fraction of sp³-hybridized carbons (Fsp3) is 0.333. The lowest BCUT2D eigenvalue weighted by atomic mass is 10.1. The highest BCUT2D eigenvalue weighted by atomic mass is 16.5. The van der Waals surface area contributed by atoms with E-state index in [1.165, 1.54) is 6.07 Å². The highest BCUT2D eigenvalue weighted by Crippen LogP contribution is 2.08. The Morgan fingerprint density at radius 1 is 1.21 bits per heavy atom. The third kappa shape index (κ3) is 4.97. The zero-order valence-corrected chi connectivity index (χ0v) is 16.0. The van der Waals surface area contributed by atoms with E-state index >= 15 is 0 Å². The van der Waals surface area contributed by atoms with Crippen molar-refractivity contribution in [3.63, 3.8) is 0 Å². The van der Waals surface area contributed by atoms with Crippen LogP contribution in [-0.2, 0) is 22.5 Å². The molecule has 1 N–H and O–H groups in total. The average molecular weight is 393 g/mol. The Morgan fingerprint density at radius 3 is 2.79 bits per heavy atom. The number of hydrogen-bond acceptors (Lipinski definition) is 5. The summed E-state index contributed by atoms with van der Waals surface area (Å²) in [4.78, 5) is 24.0. The van der Waals surface area contributed by atoms with E-state index in [2.05, 4.69) is 15.5 Å². The molecule has 1 aliphatic rings. The highest BCUT2D eigenvalue weighted by Gasteiger charge is 2.19. The van der Waals surface area contributed by atoms with Gasteiger partial charge in [-0.25, -0.2) is 4.68 Å². The molecule has 3 heterocycles. The number of rotatable bonds is 8. The SMILES string of the molecule is O=C(CCCn1cc(-n2ccc(=O)c(Cc3ccccc3)n2)cn1)NC1COC1. The van der Waals surface area contributed by atoms with E-state index in [-0.39, 0.29) is 17.4 Å².